The van der Waals surface area contributed by atoms with Crippen molar-refractivity contribution in [2.45, 2.75) is 30.4 Å². The van der Waals surface area contributed by atoms with Crippen molar-refractivity contribution in [1.29, 1.82) is 0 Å². The molecule has 1 aliphatic rings. The van der Waals surface area contributed by atoms with Crippen LogP contribution in [-0.4, -0.2) is 64.3 Å². The van der Waals surface area contributed by atoms with Crippen molar-refractivity contribution in [2.24, 2.45) is 0 Å². The largest absolute Gasteiger partial charge is 0.468 e. The van der Waals surface area contributed by atoms with Gasteiger partial charge in [-0.15, -0.1) is 11.8 Å². The number of rotatable bonds is 7. The molecule has 1 fully saturated rings. The van der Waals surface area contributed by atoms with Gasteiger partial charge < -0.3 is 24.0 Å². The molecule has 1 N–H and O–H groups in total. The lowest BCUT2D eigenvalue weighted by Gasteiger charge is -2.29. The summed E-state index contributed by atoms with van der Waals surface area (Å²) < 4.78 is 29.7. The maximum absolute atomic E-state index is 14.2. The van der Waals surface area contributed by atoms with Crippen molar-refractivity contribution in [2.75, 3.05) is 26.0 Å². The lowest BCUT2D eigenvalue weighted by atomic mass is 10.1. The Hall–Kier alpha value is -2.66. The fourth-order valence-electron chi connectivity index (χ4n) is 2.79. The Bertz CT molecular complexity index is 869. The van der Waals surface area contributed by atoms with Gasteiger partial charge >= 0.3 is 12.1 Å². The molecule has 1 amide bonds. The Morgan fingerprint density at radius 3 is 2.79 bits per heavy atom. The molecule has 0 bridgehead atoms. The molecule has 1 saturated heterocycles. The van der Waals surface area contributed by atoms with Crippen molar-refractivity contribution in [3.63, 3.8) is 0 Å². The van der Waals surface area contributed by atoms with Crippen molar-refractivity contribution in [1.82, 2.24) is 15.0 Å². The average molecular weight is 425 g/mol. The highest BCUT2D eigenvalue weighted by Crippen LogP contribution is 2.26. The Morgan fingerprint density at radius 1 is 1.38 bits per heavy atom. The zero-order valence-electron chi connectivity index (χ0n) is 15.7. The number of hydrogen-bond acceptors (Lipinski definition) is 8. The van der Waals surface area contributed by atoms with E-state index >= 15 is 0 Å². The summed E-state index contributed by atoms with van der Waals surface area (Å²) in [6.07, 6.45) is 0.198. The summed E-state index contributed by atoms with van der Waals surface area (Å²) >= 11 is 1.04. The van der Waals surface area contributed by atoms with Gasteiger partial charge in [0.15, 0.2) is 0 Å². The van der Waals surface area contributed by atoms with Crippen molar-refractivity contribution < 1.29 is 33.1 Å². The number of halogens is 1. The van der Waals surface area contributed by atoms with Gasteiger partial charge in [0.25, 0.3) is 5.89 Å². The molecule has 3 rings (SSSR count). The lowest BCUT2D eigenvalue weighted by molar-refractivity contribution is -0.137. The number of carbonyl (C=O) groups is 2. The number of methoxy groups -OCH3 is 1. The molecule has 0 unspecified atom stereocenters. The molecule has 1 aromatic carbocycles. The summed E-state index contributed by atoms with van der Waals surface area (Å²) in [4.78, 5) is 28.0. The maximum Gasteiger partial charge on any atom is 0.407 e. The summed E-state index contributed by atoms with van der Waals surface area (Å²) in [7, 11) is 1.28. The van der Waals surface area contributed by atoms with Crippen molar-refractivity contribution in [3.8, 4) is 11.4 Å². The first kappa shape index (κ1) is 21.1. The molecule has 2 aromatic rings. The SMILES string of the molecule is COC(=O)CSc1ccc(-c2noc(COC3CCN(C(=O)O)CC3)n2)cc1F. The molecule has 9 nitrogen and oxygen atoms in total. The fourth-order valence-corrected chi connectivity index (χ4v) is 3.54. The van der Waals surface area contributed by atoms with E-state index in [2.05, 4.69) is 14.9 Å². The van der Waals surface area contributed by atoms with Crippen LogP contribution in [-0.2, 0) is 20.9 Å². The molecule has 0 saturated carbocycles. The van der Waals surface area contributed by atoms with Crippen LogP contribution in [0.25, 0.3) is 11.4 Å². The Kier molecular flexibility index (Phi) is 7.04. The third-order valence-corrected chi connectivity index (χ3v) is 5.41. The third kappa shape index (κ3) is 5.67. The number of hydrogen-bond donors (Lipinski definition) is 1. The third-order valence-electron chi connectivity index (χ3n) is 4.39. The van der Waals surface area contributed by atoms with Gasteiger partial charge in [0.2, 0.25) is 5.82 Å². The number of carbonyl (C=O) groups excluding carboxylic acids is 1. The smallest absolute Gasteiger partial charge is 0.407 e. The number of aromatic nitrogens is 2. The molecule has 156 valence electrons. The number of amides is 1. The number of nitrogens with zero attached hydrogens (tertiary/aromatic N) is 3. The summed E-state index contributed by atoms with van der Waals surface area (Å²) in [6, 6.07) is 4.46. The van der Waals surface area contributed by atoms with Gasteiger partial charge in [-0.25, -0.2) is 9.18 Å². The highest BCUT2D eigenvalue weighted by atomic mass is 32.2. The lowest BCUT2D eigenvalue weighted by Crippen LogP contribution is -2.40. The first-order valence-corrected chi connectivity index (χ1v) is 9.86. The van der Waals surface area contributed by atoms with Crippen LogP contribution < -0.4 is 0 Å². The number of esters is 1. The average Bonchev–Trinajstić information content (AvgIpc) is 3.20. The van der Waals surface area contributed by atoms with Crippen LogP contribution in [0.4, 0.5) is 9.18 Å². The second kappa shape index (κ2) is 9.70. The van der Waals surface area contributed by atoms with Gasteiger partial charge in [0.05, 0.1) is 19.0 Å². The van der Waals surface area contributed by atoms with Crippen LogP contribution in [0.15, 0.2) is 27.6 Å². The summed E-state index contributed by atoms with van der Waals surface area (Å²) in [5.74, 6) is -0.431. The van der Waals surface area contributed by atoms with Crippen LogP contribution >= 0.6 is 11.8 Å². The quantitative estimate of drug-likeness (QED) is 0.528. The zero-order valence-corrected chi connectivity index (χ0v) is 16.5. The number of thioether (sulfide) groups is 1. The molecule has 0 spiro atoms. The zero-order chi connectivity index (χ0) is 20.8. The normalized spacial score (nSPS) is 14.8. The number of carboxylic acid groups (broad SMARTS) is 1. The molecule has 2 heterocycles. The number of ether oxygens (including phenoxy) is 2. The monoisotopic (exact) mass is 425 g/mol. The van der Waals surface area contributed by atoms with E-state index in [1.807, 2.05) is 0 Å². The van der Waals surface area contributed by atoms with Crippen LogP contribution in [0.2, 0.25) is 0 Å². The van der Waals surface area contributed by atoms with Crippen molar-refractivity contribution in [3.05, 3.63) is 29.9 Å². The summed E-state index contributed by atoms with van der Waals surface area (Å²) in [5, 5.41) is 12.8. The van der Waals surface area contributed by atoms with E-state index in [1.54, 1.807) is 12.1 Å². The Morgan fingerprint density at radius 2 is 2.14 bits per heavy atom. The number of benzene rings is 1. The molecule has 1 aromatic heterocycles. The summed E-state index contributed by atoms with van der Waals surface area (Å²) in [5.41, 5.74) is 0.440. The minimum atomic E-state index is -0.924. The van der Waals surface area contributed by atoms with Crippen molar-refractivity contribution >= 4 is 23.8 Å². The van der Waals surface area contributed by atoms with Gasteiger partial charge in [-0.05, 0) is 31.0 Å². The van der Waals surface area contributed by atoms with E-state index < -0.39 is 17.9 Å². The molecule has 0 atom stereocenters. The molecular formula is C18H20FN3O6S. The van der Waals surface area contributed by atoms with E-state index in [0.29, 0.717) is 36.4 Å². The highest BCUT2D eigenvalue weighted by Gasteiger charge is 2.23. The minimum absolute atomic E-state index is 0.0157. The topological polar surface area (TPSA) is 115 Å². The number of piperidine rings is 1. The van der Waals surface area contributed by atoms with Gasteiger partial charge in [0.1, 0.15) is 12.4 Å². The van der Waals surface area contributed by atoms with E-state index in [0.717, 1.165) is 11.8 Å². The predicted octanol–water partition coefficient (Wildman–Crippen LogP) is 2.80. The summed E-state index contributed by atoms with van der Waals surface area (Å²) in [6.45, 7) is 0.948. The fraction of sp³-hybridized carbons (Fsp3) is 0.444. The predicted molar refractivity (Wildman–Crippen MR) is 99.8 cm³/mol. The first-order chi connectivity index (χ1) is 14.0. The standard InChI is InChI=1S/C18H20FN3O6S/c1-26-16(23)10-29-14-3-2-11(8-13(14)19)17-20-15(28-21-17)9-27-12-4-6-22(7-5-12)18(24)25/h2-3,8,12H,4-7,9-10H2,1H3,(H,24,25). The molecule has 0 aliphatic carbocycles. The van der Waals surface area contributed by atoms with Gasteiger partial charge in [-0.2, -0.15) is 4.98 Å². The molecular weight excluding hydrogens is 405 g/mol. The highest BCUT2D eigenvalue weighted by molar-refractivity contribution is 8.00. The van der Waals surface area contributed by atoms with E-state index in [4.69, 9.17) is 14.4 Å². The minimum Gasteiger partial charge on any atom is -0.468 e. The van der Waals surface area contributed by atoms with Crippen LogP contribution in [0.5, 0.6) is 0 Å². The maximum atomic E-state index is 14.2. The number of likely N-dealkylation sites (tertiary alicyclic amines) is 1. The second-order valence-electron chi connectivity index (χ2n) is 6.30. The first-order valence-electron chi connectivity index (χ1n) is 8.88. The molecule has 11 heteroatoms. The molecule has 1 aliphatic heterocycles. The van der Waals surface area contributed by atoms with Crippen LogP contribution in [0.3, 0.4) is 0 Å². The van der Waals surface area contributed by atoms with Gasteiger partial charge in [-0.3, -0.25) is 4.79 Å². The van der Waals surface area contributed by atoms with Gasteiger partial charge in [0, 0.05) is 23.5 Å². The Labute approximate surface area is 170 Å². The second-order valence-corrected chi connectivity index (χ2v) is 7.32. The Balaban J connectivity index is 1.54. The van der Waals surface area contributed by atoms with E-state index in [-0.39, 0.29) is 30.2 Å². The van der Waals surface area contributed by atoms with E-state index in [1.165, 1.54) is 18.1 Å². The van der Waals surface area contributed by atoms with Crippen LogP contribution in [0.1, 0.15) is 18.7 Å². The molecule has 0 radical (unpaired) electrons. The van der Waals surface area contributed by atoms with Gasteiger partial charge in [-0.1, -0.05) is 5.16 Å². The molecule has 29 heavy (non-hydrogen) atoms. The van der Waals surface area contributed by atoms with Crippen LogP contribution in [0, 0.1) is 5.82 Å². The van der Waals surface area contributed by atoms with E-state index in [9.17, 15) is 14.0 Å².